The molecular weight excluding hydrogens is 529 g/mol. The van der Waals surface area contributed by atoms with E-state index in [0.29, 0.717) is 5.75 Å². The molecule has 1 unspecified atom stereocenters. The van der Waals surface area contributed by atoms with Crippen molar-refractivity contribution in [3.8, 4) is 11.5 Å². The molecule has 2 aromatic rings. The van der Waals surface area contributed by atoms with Crippen molar-refractivity contribution in [1.29, 1.82) is 0 Å². The summed E-state index contributed by atoms with van der Waals surface area (Å²) in [6, 6.07) is 16.3. The van der Waals surface area contributed by atoms with Crippen LogP contribution < -0.4 is 15.0 Å². The van der Waals surface area contributed by atoms with Crippen LogP contribution in [0, 0.1) is 0 Å². The lowest BCUT2D eigenvalue weighted by Gasteiger charge is -2.38. The summed E-state index contributed by atoms with van der Waals surface area (Å²) in [6.45, 7) is 6.48. The van der Waals surface area contributed by atoms with E-state index in [2.05, 4.69) is 43.2 Å². The highest BCUT2D eigenvalue weighted by atomic mass is 127. The van der Waals surface area contributed by atoms with Gasteiger partial charge in [0.1, 0.15) is 11.5 Å². The molecule has 8 heteroatoms. The van der Waals surface area contributed by atoms with Crippen molar-refractivity contribution >= 4 is 35.6 Å². The van der Waals surface area contributed by atoms with Crippen LogP contribution in [0.2, 0.25) is 0 Å². The molecule has 0 amide bonds. The fourth-order valence-corrected chi connectivity index (χ4v) is 4.77. The fourth-order valence-electron chi connectivity index (χ4n) is 4.77. The SMILES string of the molecule is CN=C(NCC(c1cccc(OC)c1)N1CCCC1)N1CCN(c2ccccc2O)CC1.I. The Hall–Kier alpha value is -2.20. The third-order valence-electron chi connectivity index (χ3n) is 6.53. The number of anilines is 1. The molecule has 2 N–H and O–H groups in total. The summed E-state index contributed by atoms with van der Waals surface area (Å²) in [7, 11) is 3.58. The molecule has 2 aliphatic rings. The monoisotopic (exact) mass is 565 g/mol. The van der Waals surface area contributed by atoms with Crippen LogP contribution >= 0.6 is 24.0 Å². The normalized spacial score (nSPS) is 18.1. The Morgan fingerprint density at radius 1 is 1.03 bits per heavy atom. The number of phenolic OH excluding ortho intramolecular Hbond substituents is 1. The molecule has 0 aliphatic carbocycles. The number of para-hydroxylation sites is 2. The van der Waals surface area contributed by atoms with E-state index in [-0.39, 0.29) is 30.0 Å². The first-order chi connectivity index (χ1) is 15.7. The summed E-state index contributed by atoms with van der Waals surface area (Å²) in [4.78, 5) is 11.7. The van der Waals surface area contributed by atoms with Gasteiger partial charge in [0, 0.05) is 39.8 Å². The third kappa shape index (κ3) is 6.23. The number of guanidine groups is 1. The lowest BCUT2D eigenvalue weighted by Crippen LogP contribution is -2.53. The van der Waals surface area contributed by atoms with Crippen LogP contribution in [-0.2, 0) is 0 Å². The summed E-state index contributed by atoms with van der Waals surface area (Å²) >= 11 is 0. The van der Waals surface area contributed by atoms with Crippen LogP contribution in [0.15, 0.2) is 53.5 Å². The summed E-state index contributed by atoms with van der Waals surface area (Å²) in [6.07, 6.45) is 2.51. The zero-order valence-corrected chi connectivity index (χ0v) is 21.9. The largest absolute Gasteiger partial charge is 0.506 e. The topological polar surface area (TPSA) is 63.6 Å². The van der Waals surface area contributed by atoms with Gasteiger partial charge in [0.15, 0.2) is 5.96 Å². The van der Waals surface area contributed by atoms with Crippen molar-refractivity contribution in [2.75, 3.05) is 64.9 Å². The summed E-state index contributed by atoms with van der Waals surface area (Å²) in [5, 5.41) is 13.8. The number of benzene rings is 2. The number of hydrogen-bond donors (Lipinski definition) is 2. The molecule has 0 aromatic heterocycles. The van der Waals surface area contributed by atoms with Crippen molar-refractivity contribution < 1.29 is 9.84 Å². The summed E-state index contributed by atoms with van der Waals surface area (Å²) in [5.74, 6) is 2.18. The van der Waals surface area contributed by atoms with Gasteiger partial charge in [0.25, 0.3) is 0 Å². The molecule has 2 fully saturated rings. The van der Waals surface area contributed by atoms with Gasteiger partial charge in [-0.3, -0.25) is 9.89 Å². The van der Waals surface area contributed by atoms with Crippen LogP contribution in [0.3, 0.4) is 0 Å². The number of rotatable bonds is 6. The molecule has 4 rings (SSSR count). The van der Waals surface area contributed by atoms with E-state index >= 15 is 0 Å². The van der Waals surface area contributed by atoms with Gasteiger partial charge in [-0.15, -0.1) is 24.0 Å². The Morgan fingerprint density at radius 3 is 2.42 bits per heavy atom. The standard InChI is InChI=1S/C25H35N5O2.HI/c1-26-25(30-16-14-29(15-17-30)22-10-3-4-11-24(22)31)27-19-23(28-12-5-6-13-28)20-8-7-9-21(18-20)32-2;/h3-4,7-11,18,23,31H,5-6,12-17,19H2,1-2H3,(H,26,27);1H. The lowest BCUT2D eigenvalue weighted by atomic mass is 10.1. The number of nitrogens with one attached hydrogen (secondary N) is 1. The quantitative estimate of drug-likeness (QED) is 0.318. The van der Waals surface area contributed by atoms with Crippen LogP contribution in [0.1, 0.15) is 24.4 Å². The molecule has 1 atom stereocenters. The van der Waals surface area contributed by atoms with Crippen molar-refractivity contribution in [2.24, 2.45) is 4.99 Å². The Morgan fingerprint density at radius 2 is 1.76 bits per heavy atom. The molecule has 2 aliphatic heterocycles. The number of methoxy groups -OCH3 is 1. The van der Waals surface area contributed by atoms with Crippen LogP contribution in [0.25, 0.3) is 0 Å². The average molecular weight is 566 g/mol. The molecule has 0 saturated carbocycles. The minimum atomic E-state index is 0. The van der Waals surface area contributed by atoms with Gasteiger partial charge in [-0.2, -0.15) is 0 Å². The highest BCUT2D eigenvalue weighted by molar-refractivity contribution is 14.0. The molecule has 2 saturated heterocycles. The van der Waals surface area contributed by atoms with Gasteiger partial charge in [0.2, 0.25) is 0 Å². The molecule has 0 bridgehead atoms. The number of likely N-dealkylation sites (tertiary alicyclic amines) is 1. The number of phenols is 1. The zero-order chi connectivity index (χ0) is 22.3. The van der Waals surface area contributed by atoms with Gasteiger partial charge in [0.05, 0.1) is 18.8 Å². The second-order valence-electron chi connectivity index (χ2n) is 8.43. The van der Waals surface area contributed by atoms with Crippen molar-refractivity contribution in [1.82, 2.24) is 15.1 Å². The molecule has 2 heterocycles. The second-order valence-corrected chi connectivity index (χ2v) is 8.43. The maximum Gasteiger partial charge on any atom is 0.193 e. The van der Waals surface area contributed by atoms with E-state index in [1.165, 1.54) is 18.4 Å². The maximum absolute atomic E-state index is 10.2. The molecule has 33 heavy (non-hydrogen) atoms. The molecule has 7 nitrogen and oxygen atoms in total. The van der Waals surface area contributed by atoms with Gasteiger partial charge in [-0.05, 0) is 55.8 Å². The first-order valence-electron chi connectivity index (χ1n) is 11.6. The maximum atomic E-state index is 10.2. The van der Waals surface area contributed by atoms with E-state index in [0.717, 1.165) is 63.2 Å². The summed E-state index contributed by atoms with van der Waals surface area (Å²) < 4.78 is 5.47. The Balaban J connectivity index is 0.00000306. The van der Waals surface area contributed by atoms with Crippen molar-refractivity contribution in [3.63, 3.8) is 0 Å². The predicted molar refractivity (Wildman–Crippen MR) is 145 cm³/mol. The average Bonchev–Trinajstić information content (AvgIpc) is 3.37. The number of ether oxygens (including phenoxy) is 1. The van der Waals surface area contributed by atoms with Gasteiger partial charge in [-0.1, -0.05) is 24.3 Å². The minimum absolute atomic E-state index is 0. The highest BCUT2D eigenvalue weighted by Crippen LogP contribution is 2.28. The van der Waals surface area contributed by atoms with Gasteiger partial charge in [-0.25, -0.2) is 0 Å². The summed E-state index contributed by atoms with van der Waals surface area (Å²) in [5.41, 5.74) is 2.18. The Bertz CT molecular complexity index is 911. The lowest BCUT2D eigenvalue weighted by molar-refractivity contribution is 0.242. The predicted octanol–water partition coefficient (Wildman–Crippen LogP) is 3.55. The minimum Gasteiger partial charge on any atom is -0.506 e. The van der Waals surface area contributed by atoms with Crippen molar-refractivity contribution in [3.05, 3.63) is 54.1 Å². The smallest absolute Gasteiger partial charge is 0.193 e. The number of nitrogens with zero attached hydrogens (tertiary/aromatic N) is 4. The van der Waals surface area contributed by atoms with E-state index in [4.69, 9.17) is 4.74 Å². The van der Waals surface area contributed by atoms with Gasteiger partial charge >= 0.3 is 0 Å². The van der Waals surface area contributed by atoms with Crippen LogP contribution in [0.4, 0.5) is 5.69 Å². The third-order valence-corrected chi connectivity index (χ3v) is 6.53. The highest BCUT2D eigenvalue weighted by Gasteiger charge is 2.26. The van der Waals surface area contributed by atoms with E-state index in [9.17, 15) is 5.11 Å². The molecule has 0 spiro atoms. The first-order valence-corrected chi connectivity index (χ1v) is 11.6. The number of halogens is 1. The van der Waals surface area contributed by atoms with Gasteiger partial charge < -0.3 is 25.0 Å². The Labute approximate surface area is 214 Å². The van der Waals surface area contributed by atoms with Crippen LogP contribution in [-0.4, -0.2) is 80.8 Å². The van der Waals surface area contributed by atoms with E-state index in [1.54, 1.807) is 13.2 Å². The molecule has 2 aromatic carbocycles. The van der Waals surface area contributed by atoms with Crippen molar-refractivity contribution in [2.45, 2.75) is 18.9 Å². The number of aliphatic imine (C=N–C) groups is 1. The number of piperazine rings is 1. The zero-order valence-electron chi connectivity index (χ0n) is 19.6. The van der Waals surface area contributed by atoms with E-state index < -0.39 is 0 Å². The Kier molecular flexibility index (Phi) is 9.49. The van der Waals surface area contributed by atoms with Crippen LogP contribution in [0.5, 0.6) is 11.5 Å². The van der Waals surface area contributed by atoms with E-state index in [1.807, 2.05) is 31.3 Å². The molecule has 0 radical (unpaired) electrons. The molecule has 180 valence electrons. The molecular formula is C25H36IN5O2. The first kappa shape index (κ1) is 25.4. The number of aromatic hydroxyl groups is 1. The number of hydrogen-bond acceptors (Lipinski definition) is 5. The second kappa shape index (κ2) is 12.3. The fraction of sp³-hybridized carbons (Fsp3) is 0.480.